The molecule has 2 aliphatic rings. The molecule has 1 aromatic rings. The van der Waals surface area contributed by atoms with Gasteiger partial charge < -0.3 is 15.4 Å². The number of hydrogen-bond acceptors (Lipinski definition) is 4. The van der Waals surface area contributed by atoms with Crippen LogP contribution in [-0.4, -0.2) is 54.4 Å². The fraction of sp³-hybridized carbons (Fsp3) is 0.636. The van der Waals surface area contributed by atoms with Gasteiger partial charge in [0.2, 0.25) is 11.8 Å². The van der Waals surface area contributed by atoms with Crippen LogP contribution >= 0.6 is 0 Å². The Morgan fingerprint density at radius 3 is 2.26 bits per heavy atom. The minimum Gasteiger partial charge on any atom is -0.406 e. The van der Waals surface area contributed by atoms with Crippen molar-refractivity contribution in [2.45, 2.75) is 57.6 Å². The van der Waals surface area contributed by atoms with Crippen molar-refractivity contribution in [3.8, 4) is 5.75 Å². The number of benzene rings is 1. The quantitative estimate of drug-likeness (QED) is 0.572. The van der Waals surface area contributed by atoms with Gasteiger partial charge in [0.25, 0.3) is 0 Å². The lowest BCUT2D eigenvalue weighted by Crippen LogP contribution is -2.62. The van der Waals surface area contributed by atoms with Gasteiger partial charge in [-0.15, -0.1) is 13.2 Å². The number of carbonyl (C=O) groups is 2. The molecule has 1 aliphatic carbocycles. The molecule has 0 radical (unpaired) electrons. The molecule has 0 aromatic heterocycles. The van der Waals surface area contributed by atoms with Crippen molar-refractivity contribution in [2.75, 3.05) is 25.0 Å². The molecule has 2 N–H and O–H groups in total. The van der Waals surface area contributed by atoms with E-state index in [0.29, 0.717) is 38.8 Å². The molecule has 1 aliphatic heterocycles. The van der Waals surface area contributed by atoms with Crippen LogP contribution in [0.2, 0.25) is 0 Å². The van der Waals surface area contributed by atoms with Crippen LogP contribution in [0, 0.1) is 11.3 Å². The first kappa shape index (κ1) is 26.1. The number of alkyl halides is 6. The number of nitrogens with zero attached hydrogens (tertiary/aromatic N) is 1. The van der Waals surface area contributed by atoms with Gasteiger partial charge in [-0.1, -0.05) is 6.07 Å². The molecule has 1 saturated heterocycles. The van der Waals surface area contributed by atoms with Gasteiger partial charge in [-0.3, -0.25) is 14.5 Å². The summed E-state index contributed by atoms with van der Waals surface area (Å²) >= 11 is 0. The molecule has 12 heteroatoms. The lowest BCUT2D eigenvalue weighted by molar-refractivity contribution is -0.274. The monoisotopic (exact) mass is 495 g/mol. The molecule has 1 aromatic carbocycles. The summed E-state index contributed by atoms with van der Waals surface area (Å²) in [6.45, 7) is 2.83. The summed E-state index contributed by atoms with van der Waals surface area (Å²) in [6.07, 6.45) is -6.79. The van der Waals surface area contributed by atoms with Gasteiger partial charge >= 0.3 is 12.5 Å². The van der Waals surface area contributed by atoms with Gasteiger partial charge in [-0.05, 0) is 57.1 Å². The van der Waals surface area contributed by atoms with E-state index in [-0.39, 0.29) is 29.5 Å². The Hall–Kier alpha value is -2.50. The number of anilines is 1. The highest BCUT2D eigenvalue weighted by Gasteiger charge is 2.50. The van der Waals surface area contributed by atoms with E-state index in [9.17, 15) is 35.9 Å². The summed E-state index contributed by atoms with van der Waals surface area (Å²) in [5.74, 6) is -1.71. The van der Waals surface area contributed by atoms with E-state index in [1.165, 1.54) is 12.1 Å². The van der Waals surface area contributed by atoms with Gasteiger partial charge in [-0.25, -0.2) is 0 Å². The maximum absolute atomic E-state index is 12.9. The van der Waals surface area contributed by atoms with Crippen molar-refractivity contribution in [1.82, 2.24) is 10.2 Å². The van der Waals surface area contributed by atoms with Gasteiger partial charge in [0, 0.05) is 30.8 Å². The Balaban J connectivity index is 1.43. The third-order valence-electron chi connectivity index (χ3n) is 6.40. The van der Waals surface area contributed by atoms with Gasteiger partial charge in [0.1, 0.15) is 11.3 Å². The molecule has 3 rings (SSSR count). The van der Waals surface area contributed by atoms with Gasteiger partial charge in [0.05, 0.1) is 6.54 Å². The summed E-state index contributed by atoms with van der Waals surface area (Å²) in [6, 6.07) is 5.06. The largest absolute Gasteiger partial charge is 0.573 e. The molecular formula is C22H27F6N3O3. The lowest BCUT2D eigenvalue weighted by Gasteiger charge is -2.53. The molecular weight excluding hydrogens is 468 g/mol. The van der Waals surface area contributed by atoms with E-state index in [1.54, 1.807) is 4.90 Å². The number of halogens is 6. The first-order valence-corrected chi connectivity index (χ1v) is 10.8. The van der Waals surface area contributed by atoms with Crippen molar-refractivity contribution in [2.24, 2.45) is 11.3 Å². The Labute approximate surface area is 193 Å². The second-order valence-corrected chi connectivity index (χ2v) is 9.66. The van der Waals surface area contributed by atoms with Crippen molar-refractivity contribution < 1.29 is 40.7 Å². The summed E-state index contributed by atoms with van der Waals surface area (Å²) in [5.41, 5.74) is -2.18. The van der Waals surface area contributed by atoms with Gasteiger partial charge in [-0.2, -0.15) is 13.2 Å². The fourth-order valence-electron chi connectivity index (χ4n) is 4.50. The van der Waals surface area contributed by atoms with Crippen molar-refractivity contribution in [3.05, 3.63) is 24.3 Å². The number of amides is 2. The summed E-state index contributed by atoms with van der Waals surface area (Å²) in [4.78, 5) is 26.4. The number of likely N-dealkylation sites (tertiary alicyclic amines) is 1. The van der Waals surface area contributed by atoms with Crippen LogP contribution in [0.25, 0.3) is 0 Å². The van der Waals surface area contributed by atoms with E-state index >= 15 is 0 Å². The lowest BCUT2D eigenvalue weighted by atomic mass is 9.65. The van der Waals surface area contributed by atoms with E-state index < -0.39 is 29.7 Å². The summed E-state index contributed by atoms with van der Waals surface area (Å²) in [7, 11) is 0. The molecule has 2 amide bonds. The van der Waals surface area contributed by atoms with Crippen molar-refractivity contribution in [3.63, 3.8) is 0 Å². The average Bonchev–Trinajstić information content (AvgIpc) is 2.64. The number of hydrogen-bond donors (Lipinski definition) is 2. The molecule has 0 unspecified atom stereocenters. The summed E-state index contributed by atoms with van der Waals surface area (Å²) < 4.78 is 79.8. The van der Waals surface area contributed by atoms with Crippen LogP contribution in [0.5, 0.6) is 5.75 Å². The zero-order chi connectivity index (χ0) is 25.4. The molecule has 1 saturated carbocycles. The minimum atomic E-state index is -4.83. The zero-order valence-electron chi connectivity index (χ0n) is 18.8. The van der Waals surface area contributed by atoms with Crippen LogP contribution in [0.3, 0.4) is 0 Å². The van der Waals surface area contributed by atoms with E-state index in [0.717, 1.165) is 26.0 Å². The number of nitrogens with one attached hydrogen (secondary N) is 2. The third-order valence-corrected chi connectivity index (χ3v) is 6.40. The molecule has 190 valence electrons. The predicted octanol–water partition coefficient (Wildman–Crippen LogP) is 4.47. The second-order valence-electron chi connectivity index (χ2n) is 9.66. The van der Waals surface area contributed by atoms with E-state index in [2.05, 4.69) is 10.1 Å². The first-order chi connectivity index (χ1) is 15.6. The normalized spacial score (nSPS) is 19.4. The molecule has 1 spiro atoms. The van der Waals surface area contributed by atoms with Crippen LogP contribution < -0.4 is 15.4 Å². The third kappa shape index (κ3) is 6.55. The molecule has 34 heavy (non-hydrogen) atoms. The number of carbonyl (C=O) groups excluding carboxylic acids is 2. The smallest absolute Gasteiger partial charge is 0.406 e. The SMILES string of the molecule is CC(C)(NC(=O)CN1CC2(CCC(C(=O)Nc3cccc(OC(F)(F)F)c3)CC2)C1)C(F)(F)F. The minimum absolute atomic E-state index is 0.0724. The molecule has 0 bridgehead atoms. The standard InChI is InChI=1S/C22H27F6N3O3/c1-19(2,21(23,24)25)30-17(32)11-31-12-20(13-31)8-6-14(7-9-20)18(33)29-15-4-3-5-16(10-15)34-22(26,27)28/h3-5,10,14H,6-9,11-13H2,1-2H3,(H,29,33)(H,30,32). The van der Waals surface area contributed by atoms with Crippen LogP contribution in [0.4, 0.5) is 32.0 Å². The maximum Gasteiger partial charge on any atom is 0.573 e. The molecule has 0 atom stereocenters. The highest BCUT2D eigenvalue weighted by atomic mass is 19.4. The van der Waals surface area contributed by atoms with Gasteiger partial charge in [0.15, 0.2) is 0 Å². The van der Waals surface area contributed by atoms with E-state index in [1.807, 2.05) is 5.32 Å². The Morgan fingerprint density at radius 2 is 1.71 bits per heavy atom. The van der Waals surface area contributed by atoms with E-state index in [4.69, 9.17) is 0 Å². The highest BCUT2D eigenvalue weighted by molar-refractivity contribution is 5.92. The summed E-state index contributed by atoms with van der Waals surface area (Å²) in [5, 5.41) is 4.65. The predicted molar refractivity (Wildman–Crippen MR) is 111 cm³/mol. The molecule has 6 nitrogen and oxygen atoms in total. The second kappa shape index (κ2) is 9.27. The van der Waals surface area contributed by atoms with Crippen LogP contribution in [0.15, 0.2) is 24.3 Å². The number of rotatable bonds is 6. The topological polar surface area (TPSA) is 70.7 Å². The Morgan fingerprint density at radius 1 is 1.09 bits per heavy atom. The maximum atomic E-state index is 12.9. The zero-order valence-corrected chi connectivity index (χ0v) is 18.8. The Bertz CT molecular complexity index is 900. The van der Waals surface area contributed by atoms with Crippen LogP contribution in [-0.2, 0) is 9.59 Å². The highest BCUT2D eigenvalue weighted by Crippen LogP contribution is 2.45. The van der Waals surface area contributed by atoms with Crippen LogP contribution in [0.1, 0.15) is 39.5 Å². The number of ether oxygens (including phenoxy) is 1. The van der Waals surface area contributed by atoms with Crippen molar-refractivity contribution >= 4 is 17.5 Å². The first-order valence-electron chi connectivity index (χ1n) is 10.8. The average molecular weight is 495 g/mol. The molecule has 2 fully saturated rings. The fourth-order valence-corrected chi connectivity index (χ4v) is 4.50. The Kier molecular flexibility index (Phi) is 7.12. The van der Waals surface area contributed by atoms with Crippen molar-refractivity contribution in [1.29, 1.82) is 0 Å². The molecule has 1 heterocycles.